The number of nitrogens with two attached hydrogens (primary N) is 2. The molecule has 1 aromatic carbocycles. The van der Waals surface area contributed by atoms with Crippen LogP contribution in [0.25, 0.3) is 0 Å². The molecule has 1 aromatic rings. The second kappa shape index (κ2) is 5.11. The molecule has 0 aliphatic rings. The van der Waals surface area contributed by atoms with Gasteiger partial charge >= 0.3 is 0 Å². The SMILES string of the molecule is Nc1c(Br)cc(Br)cc1[C@@H](N)CCO. The zero-order chi connectivity index (χ0) is 10.7. The van der Waals surface area contributed by atoms with Crippen LogP contribution in [0.5, 0.6) is 0 Å². The van der Waals surface area contributed by atoms with Crippen molar-refractivity contribution in [2.75, 3.05) is 12.3 Å². The number of hydrogen-bond acceptors (Lipinski definition) is 3. The van der Waals surface area contributed by atoms with Gasteiger partial charge in [0.25, 0.3) is 0 Å². The summed E-state index contributed by atoms with van der Waals surface area (Å²) >= 11 is 6.71. The van der Waals surface area contributed by atoms with E-state index >= 15 is 0 Å². The molecule has 0 aliphatic heterocycles. The Kier molecular flexibility index (Phi) is 4.37. The fraction of sp³-hybridized carbons (Fsp3) is 0.333. The summed E-state index contributed by atoms with van der Waals surface area (Å²) in [5.74, 6) is 0. The van der Waals surface area contributed by atoms with Gasteiger partial charge < -0.3 is 16.6 Å². The van der Waals surface area contributed by atoms with E-state index in [1.54, 1.807) is 0 Å². The van der Waals surface area contributed by atoms with Crippen LogP contribution in [0.1, 0.15) is 18.0 Å². The van der Waals surface area contributed by atoms with Crippen molar-refractivity contribution in [3.8, 4) is 0 Å². The molecule has 0 aliphatic carbocycles. The van der Waals surface area contributed by atoms with Gasteiger partial charge in [0.15, 0.2) is 0 Å². The highest BCUT2D eigenvalue weighted by atomic mass is 79.9. The molecule has 0 bridgehead atoms. The molecule has 1 atom stereocenters. The van der Waals surface area contributed by atoms with Crippen LogP contribution in [0, 0.1) is 0 Å². The third kappa shape index (κ3) is 2.70. The molecule has 1 rings (SSSR count). The molecule has 0 aromatic heterocycles. The maximum atomic E-state index is 8.78. The molecule has 14 heavy (non-hydrogen) atoms. The summed E-state index contributed by atoms with van der Waals surface area (Å²) in [5.41, 5.74) is 13.2. The van der Waals surface area contributed by atoms with Gasteiger partial charge in [0.1, 0.15) is 0 Å². The lowest BCUT2D eigenvalue weighted by atomic mass is 10.0. The second-order valence-corrected chi connectivity index (χ2v) is 4.78. The lowest BCUT2D eigenvalue weighted by Gasteiger charge is -2.14. The molecule has 0 saturated heterocycles. The Labute approximate surface area is 99.7 Å². The Bertz CT molecular complexity index is 331. The monoisotopic (exact) mass is 322 g/mol. The van der Waals surface area contributed by atoms with E-state index in [1.165, 1.54) is 0 Å². The summed E-state index contributed by atoms with van der Waals surface area (Å²) in [6.07, 6.45) is 0.507. The van der Waals surface area contributed by atoms with Crippen molar-refractivity contribution in [2.24, 2.45) is 5.73 Å². The van der Waals surface area contributed by atoms with Crippen LogP contribution in [0.2, 0.25) is 0 Å². The zero-order valence-corrected chi connectivity index (χ0v) is 10.7. The normalized spacial score (nSPS) is 12.9. The average Bonchev–Trinajstić information content (AvgIpc) is 2.11. The number of anilines is 1. The molecule has 5 N–H and O–H groups in total. The Balaban J connectivity index is 3.07. The Morgan fingerprint density at radius 1 is 1.36 bits per heavy atom. The van der Waals surface area contributed by atoms with Crippen LogP contribution in [-0.2, 0) is 0 Å². The molecule has 0 fully saturated rings. The lowest BCUT2D eigenvalue weighted by molar-refractivity contribution is 0.276. The maximum Gasteiger partial charge on any atom is 0.0507 e. The number of aliphatic hydroxyl groups is 1. The van der Waals surface area contributed by atoms with Crippen LogP contribution in [-0.4, -0.2) is 11.7 Å². The number of halogens is 2. The summed E-state index contributed by atoms with van der Waals surface area (Å²) in [6.45, 7) is 0.0603. The molecule has 78 valence electrons. The van der Waals surface area contributed by atoms with Crippen LogP contribution >= 0.6 is 31.9 Å². The van der Waals surface area contributed by atoms with E-state index < -0.39 is 0 Å². The first-order chi connectivity index (χ1) is 6.56. The summed E-state index contributed by atoms with van der Waals surface area (Å²) in [4.78, 5) is 0. The van der Waals surface area contributed by atoms with Gasteiger partial charge in [-0.3, -0.25) is 0 Å². The topological polar surface area (TPSA) is 72.3 Å². The molecular formula is C9H12Br2N2O. The van der Waals surface area contributed by atoms with E-state index in [-0.39, 0.29) is 12.6 Å². The zero-order valence-electron chi connectivity index (χ0n) is 7.50. The van der Waals surface area contributed by atoms with Gasteiger partial charge in [-0.25, -0.2) is 0 Å². The van der Waals surface area contributed by atoms with E-state index in [0.29, 0.717) is 12.1 Å². The summed E-state index contributed by atoms with van der Waals surface area (Å²) in [6, 6.07) is 3.51. The number of rotatable bonds is 3. The molecular weight excluding hydrogens is 312 g/mol. The van der Waals surface area contributed by atoms with Gasteiger partial charge in [0, 0.05) is 21.6 Å². The minimum atomic E-state index is -0.228. The van der Waals surface area contributed by atoms with Gasteiger partial charge in [-0.2, -0.15) is 0 Å². The van der Waals surface area contributed by atoms with Crippen molar-refractivity contribution in [1.82, 2.24) is 0 Å². The van der Waals surface area contributed by atoms with Crippen molar-refractivity contribution < 1.29 is 5.11 Å². The molecule has 0 amide bonds. The fourth-order valence-electron chi connectivity index (χ4n) is 1.21. The highest BCUT2D eigenvalue weighted by Crippen LogP contribution is 2.32. The molecule has 0 spiro atoms. The predicted octanol–water partition coefficient (Wildman–Crippen LogP) is 2.18. The first-order valence-corrected chi connectivity index (χ1v) is 5.75. The Hall–Kier alpha value is -0.100. The largest absolute Gasteiger partial charge is 0.398 e. The van der Waals surface area contributed by atoms with Crippen molar-refractivity contribution in [1.29, 1.82) is 0 Å². The minimum absolute atomic E-state index is 0.0603. The van der Waals surface area contributed by atoms with Gasteiger partial charge in [-0.15, -0.1) is 0 Å². The van der Waals surface area contributed by atoms with E-state index in [0.717, 1.165) is 14.5 Å². The van der Waals surface area contributed by atoms with Crippen molar-refractivity contribution in [2.45, 2.75) is 12.5 Å². The van der Waals surface area contributed by atoms with Gasteiger partial charge in [0.2, 0.25) is 0 Å². The Morgan fingerprint density at radius 2 is 2.00 bits per heavy atom. The molecule has 3 nitrogen and oxygen atoms in total. The third-order valence-corrected chi connectivity index (χ3v) is 3.08. The van der Waals surface area contributed by atoms with Crippen molar-refractivity contribution in [3.63, 3.8) is 0 Å². The number of hydrogen-bond donors (Lipinski definition) is 3. The van der Waals surface area contributed by atoms with Crippen molar-refractivity contribution >= 4 is 37.5 Å². The summed E-state index contributed by atoms with van der Waals surface area (Å²) in [5, 5.41) is 8.78. The van der Waals surface area contributed by atoms with Crippen LogP contribution in [0.15, 0.2) is 21.1 Å². The molecule has 0 radical (unpaired) electrons. The van der Waals surface area contributed by atoms with E-state index in [1.807, 2.05) is 12.1 Å². The predicted molar refractivity (Wildman–Crippen MR) is 64.9 cm³/mol. The van der Waals surface area contributed by atoms with Crippen LogP contribution in [0.3, 0.4) is 0 Å². The number of nitrogen functional groups attached to an aromatic ring is 1. The highest BCUT2D eigenvalue weighted by Gasteiger charge is 2.12. The summed E-state index contributed by atoms with van der Waals surface area (Å²) in [7, 11) is 0. The maximum absolute atomic E-state index is 8.78. The van der Waals surface area contributed by atoms with Crippen molar-refractivity contribution in [3.05, 3.63) is 26.6 Å². The van der Waals surface area contributed by atoms with Gasteiger partial charge in [-0.1, -0.05) is 15.9 Å². The molecule has 0 unspecified atom stereocenters. The molecule has 5 heteroatoms. The fourth-order valence-corrected chi connectivity index (χ4v) is 2.46. The number of aliphatic hydroxyl groups excluding tert-OH is 1. The first-order valence-electron chi connectivity index (χ1n) is 4.17. The second-order valence-electron chi connectivity index (χ2n) is 3.01. The lowest BCUT2D eigenvalue weighted by Crippen LogP contribution is -2.14. The Morgan fingerprint density at radius 3 is 2.57 bits per heavy atom. The average molecular weight is 324 g/mol. The van der Waals surface area contributed by atoms with Crippen LogP contribution < -0.4 is 11.5 Å². The smallest absolute Gasteiger partial charge is 0.0507 e. The molecule has 0 heterocycles. The van der Waals surface area contributed by atoms with Crippen LogP contribution in [0.4, 0.5) is 5.69 Å². The molecule has 0 saturated carbocycles. The van der Waals surface area contributed by atoms with E-state index in [2.05, 4.69) is 31.9 Å². The first kappa shape index (κ1) is 12.0. The minimum Gasteiger partial charge on any atom is -0.398 e. The third-order valence-electron chi connectivity index (χ3n) is 1.97. The summed E-state index contributed by atoms with van der Waals surface area (Å²) < 4.78 is 1.73. The standard InChI is InChI=1S/C9H12Br2N2O/c10-5-3-6(8(12)1-2-14)9(13)7(11)4-5/h3-4,8,14H,1-2,12-13H2/t8-/m0/s1. The quantitative estimate of drug-likeness (QED) is 0.746. The van der Waals surface area contributed by atoms with Gasteiger partial charge in [0.05, 0.1) is 5.69 Å². The van der Waals surface area contributed by atoms with E-state index in [9.17, 15) is 0 Å². The van der Waals surface area contributed by atoms with Gasteiger partial charge in [-0.05, 0) is 40.0 Å². The van der Waals surface area contributed by atoms with E-state index in [4.69, 9.17) is 16.6 Å². The number of benzene rings is 1. The highest BCUT2D eigenvalue weighted by molar-refractivity contribution is 9.11.